The third-order valence-corrected chi connectivity index (χ3v) is 5.12. The molecule has 0 aromatic rings. The Morgan fingerprint density at radius 1 is 0.879 bits per heavy atom. The summed E-state index contributed by atoms with van der Waals surface area (Å²) in [5.41, 5.74) is 16.3. The molecule has 10 N–H and O–H groups in total. The molecule has 0 heterocycles. The molecule has 0 aliphatic heterocycles. The Kier molecular flexibility index (Phi) is 15.1. The van der Waals surface area contributed by atoms with Gasteiger partial charge in [-0.2, -0.15) is 12.6 Å². The van der Waals surface area contributed by atoms with Gasteiger partial charge in [0.05, 0.1) is 6.04 Å². The summed E-state index contributed by atoms with van der Waals surface area (Å²) in [4.78, 5) is 60.1. The summed E-state index contributed by atoms with van der Waals surface area (Å²) in [5.74, 6) is -3.99. The second-order valence-corrected chi connectivity index (χ2v) is 8.59. The van der Waals surface area contributed by atoms with Gasteiger partial charge in [-0.05, 0) is 38.1 Å². The predicted octanol–water partition coefficient (Wildman–Crippen LogP) is -1.78. The van der Waals surface area contributed by atoms with Crippen molar-refractivity contribution in [3.05, 3.63) is 0 Å². The average Bonchev–Trinajstić information content (AvgIpc) is 2.73. The monoisotopic (exact) mass is 490 g/mol. The van der Waals surface area contributed by atoms with Crippen LogP contribution < -0.4 is 33.2 Å². The van der Waals surface area contributed by atoms with Crippen molar-refractivity contribution in [1.29, 1.82) is 0 Å². The normalized spacial score (nSPS) is 14.6. The van der Waals surface area contributed by atoms with E-state index in [1.165, 1.54) is 0 Å². The highest BCUT2D eigenvalue weighted by molar-refractivity contribution is 7.80. The summed E-state index contributed by atoms with van der Waals surface area (Å²) >= 11 is 4.10. The van der Waals surface area contributed by atoms with Gasteiger partial charge in [-0.1, -0.05) is 20.3 Å². The molecule has 0 spiro atoms. The van der Waals surface area contributed by atoms with E-state index < -0.39 is 53.8 Å². The Hall–Kier alpha value is -2.38. The molecule has 0 bridgehead atoms. The summed E-state index contributed by atoms with van der Waals surface area (Å²) < 4.78 is 0. The molecule has 12 nitrogen and oxygen atoms in total. The molecule has 0 rings (SSSR count). The van der Waals surface area contributed by atoms with Crippen LogP contribution in [0.25, 0.3) is 0 Å². The van der Waals surface area contributed by atoms with Crippen LogP contribution in [-0.4, -0.2) is 71.2 Å². The molecule has 4 atom stereocenters. The van der Waals surface area contributed by atoms with Gasteiger partial charge in [0.2, 0.25) is 23.6 Å². The van der Waals surface area contributed by atoms with E-state index in [4.69, 9.17) is 17.2 Å². The molecule has 0 saturated heterocycles. The van der Waals surface area contributed by atoms with Gasteiger partial charge in [0, 0.05) is 12.2 Å². The number of hydrogen-bond acceptors (Lipinski definition) is 8. The van der Waals surface area contributed by atoms with Crippen molar-refractivity contribution >= 4 is 42.2 Å². The zero-order chi connectivity index (χ0) is 25.6. The van der Waals surface area contributed by atoms with Crippen LogP contribution in [0.4, 0.5) is 0 Å². The minimum Gasteiger partial charge on any atom is -0.480 e. The highest BCUT2D eigenvalue weighted by Gasteiger charge is 2.30. The number of primary amides is 1. The van der Waals surface area contributed by atoms with Crippen molar-refractivity contribution in [2.45, 2.75) is 76.5 Å². The highest BCUT2D eigenvalue weighted by atomic mass is 32.1. The fourth-order valence-corrected chi connectivity index (χ4v) is 3.16. The number of thiol groups is 1. The molecule has 0 aromatic heterocycles. The summed E-state index contributed by atoms with van der Waals surface area (Å²) in [6, 6.07) is -4.27. The van der Waals surface area contributed by atoms with Crippen LogP contribution in [0, 0.1) is 5.92 Å². The molecular formula is C20H38N6O6S. The number of carboxylic acids is 1. The smallest absolute Gasteiger partial charge is 0.326 e. The van der Waals surface area contributed by atoms with E-state index in [1.54, 1.807) is 0 Å². The number of aliphatic carboxylic acids is 1. The number of carbonyl (C=O) groups is 5. The SMILES string of the molecule is CC(C)CC(NC(=O)C(CS)NC(=O)C(N)CCCCN)C(=O)NC(CCC(N)=O)C(=O)O. The minimum atomic E-state index is -1.34. The Morgan fingerprint density at radius 3 is 1.91 bits per heavy atom. The fraction of sp³-hybridized carbons (Fsp3) is 0.750. The summed E-state index contributed by atoms with van der Waals surface area (Å²) in [7, 11) is 0. The van der Waals surface area contributed by atoms with E-state index in [2.05, 4.69) is 28.6 Å². The number of amides is 4. The zero-order valence-electron chi connectivity index (χ0n) is 19.2. The lowest BCUT2D eigenvalue weighted by Gasteiger charge is -2.25. The van der Waals surface area contributed by atoms with E-state index in [0.717, 1.165) is 6.42 Å². The second-order valence-electron chi connectivity index (χ2n) is 8.23. The predicted molar refractivity (Wildman–Crippen MR) is 126 cm³/mol. The third kappa shape index (κ3) is 13.0. The van der Waals surface area contributed by atoms with Crippen LogP contribution in [0.15, 0.2) is 0 Å². The average molecular weight is 491 g/mol. The van der Waals surface area contributed by atoms with Crippen LogP contribution in [0.3, 0.4) is 0 Å². The van der Waals surface area contributed by atoms with Gasteiger partial charge in [-0.25, -0.2) is 4.79 Å². The second kappa shape index (κ2) is 16.3. The maximum Gasteiger partial charge on any atom is 0.326 e. The fourth-order valence-electron chi connectivity index (χ4n) is 2.90. The first kappa shape index (κ1) is 30.6. The molecule has 0 aliphatic carbocycles. The first-order chi connectivity index (χ1) is 15.4. The maximum atomic E-state index is 12.7. The number of carboxylic acid groups (broad SMARTS) is 1. The Bertz CT molecular complexity index is 677. The Balaban J connectivity index is 5.19. The number of hydrogen-bond donors (Lipinski definition) is 8. The molecule has 0 aromatic carbocycles. The molecule has 4 amide bonds. The molecule has 4 unspecified atom stereocenters. The summed E-state index contributed by atoms with van der Waals surface area (Å²) in [5, 5.41) is 16.7. The number of nitrogens with two attached hydrogens (primary N) is 3. The number of carbonyl (C=O) groups excluding carboxylic acids is 4. The topological polar surface area (TPSA) is 220 Å². The Labute approximate surface area is 199 Å². The standard InChI is InChI=1S/C20H38N6O6S/c1-11(2)9-14(18(29)24-13(20(31)32)6-7-16(23)27)25-19(30)15(10-33)26-17(28)12(22)5-3-4-8-21/h11-15,33H,3-10,21-22H2,1-2H3,(H2,23,27)(H,24,29)(H,25,30)(H,26,28)(H,31,32). The minimum absolute atomic E-state index is 0.0186. The summed E-state index contributed by atoms with van der Waals surface area (Å²) in [6.07, 6.45) is 1.60. The molecule has 190 valence electrons. The lowest BCUT2D eigenvalue weighted by atomic mass is 10.0. The van der Waals surface area contributed by atoms with E-state index in [1.807, 2.05) is 13.8 Å². The molecule has 13 heteroatoms. The molecule has 0 saturated carbocycles. The van der Waals surface area contributed by atoms with E-state index >= 15 is 0 Å². The van der Waals surface area contributed by atoms with Gasteiger partial charge in [0.15, 0.2) is 0 Å². The van der Waals surface area contributed by atoms with Crippen LogP contribution in [0.2, 0.25) is 0 Å². The molecule has 0 aliphatic rings. The van der Waals surface area contributed by atoms with Crippen molar-refractivity contribution in [3.8, 4) is 0 Å². The van der Waals surface area contributed by atoms with Crippen LogP contribution in [-0.2, 0) is 24.0 Å². The van der Waals surface area contributed by atoms with E-state index in [0.29, 0.717) is 19.4 Å². The van der Waals surface area contributed by atoms with E-state index in [-0.39, 0.29) is 30.9 Å². The number of unbranched alkanes of at least 4 members (excludes halogenated alkanes) is 1. The first-order valence-electron chi connectivity index (χ1n) is 10.9. The summed E-state index contributed by atoms with van der Waals surface area (Å²) in [6.45, 7) is 4.14. The Morgan fingerprint density at radius 2 is 1.42 bits per heavy atom. The molecule has 0 fully saturated rings. The zero-order valence-corrected chi connectivity index (χ0v) is 20.1. The van der Waals surface area contributed by atoms with Crippen molar-refractivity contribution in [3.63, 3.8) is 0 Å². The molecule has 0 radical (unpaired) electrons. The maximum absolute atomic E-state index is 12.7. The van der Waals surface area contributed by atoms with E-state index in [9.17, 15) is 29.1 Å². The third-order valence-electron chi connectivity index (χ3n) is 4.76. The van der Waals surface area contributed by atoms with Gasteiger partial charge in [-0.15, -0.1) is 0 Å². The number of nitrogens with one attached hydrogen (secondary N) is 3. The van der Waals surface area contributed by atoms with Crippen molar-refractivity contribution in [2.24, 2.45) is 23.1 Å². The lowest BCUT2D eigenvalue weighted by molar-refractivity contribution is -0.142. The van der Waals surface area contributed by atoms with Crippen molar-refractivity contribution < 1.29 is 29.1 Å². The molecular weight excluding hydrogens is 452 g/mol. The van der Waals surface area contributed by atoms with Crippen LogP contribution >= 0.6 is 12.6 Å². The highest BCUT2D eigenvalue weighted by Crippen LogP contribution is 2.08. The van der Waals surface area contributed by atoms with Gasteiger partial charge in [0.1, 0.15) is 18.1 Å². The quantitative estimate of drug-likeness (QED) is 0.0858. The number of rotatable bonds is 17. The van der Waals surface area contributed by atoms with Crippen LogP contribution in [0.5, 0.6) is 0 Å². The lowest BCUT2D eigenvalue weighted by Crippen LogP contribution is -2.57. The first-order valence-corrected chi connectivity index (χ1v) is 11.5. The molecule has 33 heavy (non-hydrogen) atoms. The largest absolute Gasteiger partial charge is 0.480 e. The van der Waals surface area contributed by atoms with Crippen LogP contribution in [0.1, 0.15) is 52.4 Å². The van der Waals surface area contributed by atoms with Gasteiger partial charge >= 0.3 is 5.97 Å². The van der Waals surface area contributed by atoms with Gasteiger partial charge < -0.3 is 38.3 Å². The van der Waals surface area contributed by atoms with Gasteiger partial charge in [0.25, 0.3) is 0 Å². The van der Waals surface area contributed by atoms with Crippen molar-refractivity contribution in [2.75, 3.05) is 12.3 Å². The van der Waals surface area contributed by atoms with Gasteiger partial charge in [-0.3, -0.25) is 19.2 Å². The van der Waals surface area contributed by atoms with Crippen molar-refractivity contribution in [1.82, 2.24) is 16.0 Å².